The summed E-state index contributed by atoms with van der Waals surface area (Å²) in [4.78, 5) is 9.79. The minimum Gasteiger partial charge on any atom is -0.430 e. The standard InChI is InChI=1S/C9H25F3O4Si4/c1-17(2,9(10,11)12)14-19(5,6)16-20(7,8)15-18(3,4)13/h13H,1-8H3. The van der Waals surface area contributed by atoms with Gasteiger partial charge < -0.3 is 17.1 Å². The molecule has 0 heterocycles. The molecule has 0 amide bonds. The number of hydrogen-bond acceptors (Lipinski definition) is 4. The van der Waals surface area contributed by atoms with E-state index in [2.05, 4.69) is 0 Å². The number of hydrogen-bond donors (Lipinski definition) is 1. The van der Waals surface area contributed by atoms with Gasteiger partial charge in [0.15, 0.2) is 0 Å². The summed E-state index contributed by atoms with van der Waals surface area (Å²) in [5.41, 5.74) is 0. The molecule has 0 aromatic carbocycles. The summed E-state index contributed by atoms with van der Waals surface area (Å²) >= 11 is 0. The van der Waals surface area contributed by atoms with Crippen molar-refractivity contribution in [2.75, 3.05) is 0 Å². The summed E-state index contributed by atoms with van der Waals surface area (Å²) in [6, 6.07) is 0. The molecule has 11 heteroatoms. The predicted octanol–water partition coefficient (Wildman–Crippen LogP) is 3.44. The summed E-state index contributed by atoms with van der Waals surface area (Å²) in [5.74, 6) is -4.34. The van der Waals surface area contributed by atoms with Crippen LogP contribution in [-0.4, -0.2) is 44.6 Å². The van der Waals surface area contributed by atoms with Crippen LogP contribution in [-0.2, 0) is 12.3 Å². The van der Waals surface area contributed by atoms with Gasteiger partial charge in [0.25, 0.3) is 8.32 Å². The van der Waals surface area contributed by atoms with Gasteiger partial charge in [0.1, 0.15) is 0 Å². The van der Waals surface area contributed by atoms with Gasteiger partial charge in [-0.1, -0.05) is 0 Å². The van der Waals surface area contributed by atoms with Crippen LogP contribution in [0.15, 0.2) is 0 Å². The molecule has 1 N–H and O–H groups in total. The molecule has 0 spiro atoms. The molecule has 4 nitrogen and oxygen atoms in total. The van der Waals surface area contributed by atoms with Crippen LogP contribution in [0.1, 0.15) is 0 Å². The van der Waals surface area contributed by atoms with Crippen molar-refractivity contribution in [1.29, 1.82) is 0 Å². The van der Waals surface area contributed by atoms with E-state index in [1.165, 1.54) is 0 Å². The van der Waals surface area contributed by atoms with E-state index in [1.807, 2.05) is 0 Å². The lowest BCUT2D eigenvalue weighted by atomic mass is 11.5. The van der Waals surface area contributed by atoms with Gasteiger partial charge in [0.05, 0.1) is 0 Å². The number of alkyl halides is 3. The van der Waals surface area contributed by atoms with Crippen molar-refractivity contribution in [3.05, 3.63) is 0 Å². The van der Waals surface area contributed by atoms with Crippen LogP contribution >= 0.6 is 0 Å². The summed E-state index contributed by atoms with van der Waals surface area (Å²) in [5, 5.41) is 0. The molecule has 0 aliphatic rings. The fraction of sp³-hybridized carbons (Fsp3) is 1.00. The van der Waals surface area contributed by atoms with Crippen LogP contribution in [0.2, 0.25) is 52.4 Å². The second-order valence-electron chi connectivity index (χ2n) is 6.56. The van der Waals surface area contributed by atoms with Crippen molar-refractivity contribution < 1.29 is 30.3 Å². The highest BCUT2D eigenvalue weighted by atomic mass is 28.5. The molecule has 0 atom stereocenters. The van der Waals surface area contributed by atoms with Crippen molar-refractivity contribution in [2.45, 2.75) is 58.2 Å². The van der Waals surface area contributed by atoms with Crippen LogP contribution in [0.25, 0.3) is 0 Å². The van der Waals surface area contributed by atoms with Gasteiger partial charge in [0.2, 0.25) is 0 Å². The molecule has 0 aliphatic heterocycles. The van der Waals surface area contributed by atoms with E-state index in [4.69, 9.17) is 12.3 Å². The van der Waals surface area contributed by atoms with E-state index in [-0.39, 0.29) is 0 Å². The molecule has 0 fully saturated rings. The van der Waals surface area contributed by atoms with Gasteiger partial charge in [-0.3, -0.25) is 0 Å². The molecule has 0 radical (unpaired) electrons. The van der Waals surface area contributed by atoms with Crippen molar-refractivity contribution in [3.8, 4) is 0 Å². The summed E-state index contributed by atoms with van der Waals surface area (Å²) in [7, 11) is -12.4. The molecule has 0 aromatic rings. The van der Waals surface area contributed by atoms with Gasteiger partial charge >= 0.3 is 31.5 Å². The van der Waals surface area contributed by atoms with E-state index < -0.39 is 39.8 Å². The molecule has 0 saturated carbocycles. The van der Waals surface area contributed by atoms with Gasteiger partial charge in [-0.15, -0.1) is 0 Å². The highest BCUT2D eigenvalue weighted by Gasteiger charge is 2.55. The average Bonchev–Trinajstić information content (AvgIpc) is 1.88. The van der Waals surface area contributed by atoms with Crippen LogP contribution in [0, 0.1) is 0 Å². The highest BCUT2D eigenvalue weighted by molar-refractivity contribution is 6.88. The first-order valence-corrected chi connectivity index (χ1v) is 17.7. The molecule has 20 heavy (non-hydrogen) atoms. The lowest BCUT2D eigenvalue weighted by molar-refractivity contribution is -0.0676. The first-order valence-electron chi connectivity index (χ1n) is 6.27. The van der Waals surface area contributed by atoms with Crippen molar-refractivity contribution >= 4 is 34.0 Å². The Morgan fingerprint density at radius 3 is 1.35 bits per heavy atom. The normalized spacial score (nSPS) is 15.6. The number of rotatable bonds is 6. The minimum atomic E-state index is -4.34. The largest absolute Gasteiger partial charge is 0.430 e. The number of halogens is 3. The minimum absolute atomic E-state index is 1.12. The molecule has 0 rings (SSSR count). The van der Waals surface area contributed by atoms with Crippen LogP contribution in [0.5, 0.6) is 0 Å². The second-order valence-corrected chi connectivity index (χ2v) is 21.1. The molecule has 0 bridgehead atoms. The molecule has 122 valence electrons. The topological polar surface area (TPSA) is 47.9 Å². The maximum absolute atomic E-state index is 12.9. The summed E-state index contributed by atoms with van der Waals surface area (Å²) < 4.78 is 55.4. The zero-order chi connectivity index (χ0) is 16.6. The van der Waals surface area contributed by atoms with E-state index in [0.717, 1.165) is 13.1 Å². The van der Waals surface area contributed by atoms with Crippen LogP contribution in [0.3, 0.4) is 0 Å². The van der Waals surface area contributed by atoms with E-state index in [0.29, 0.717) is 0 Å². The summed E-state index contributed by atoms with van der Waals surface area (Å²) in [6.45, 7) is 12.0. The van der Waals surface area contributed by atoms with Crippen LogP contribution < -0.4 is 0 Å². The predicted molar refractivity (Wildman–Crippen MR) is 81.5 cm³/mol. The Balaban J connectivity index is 4.92. The van der Waals surface area contributed by atoms with E-state index in [1.54, 1.807) is 39.3 Å². The SMILES string of the molecule is C[Si](C)(O)O[Si](C)(C)O[Si](C)(C)O[Si](C)(C)C(F)(F)F. The monoisotopic (exact) mass is 366 g/mol. The third-order valence-electron chi connectivity index (χ3n) is 2.17. The molecular weight excluding hydrogens is 341 g/mol. The third-order valence-corrected chi connectivity index (χ3v) is 15.4. The second kappa shape index (κ2) is 5.95. The molecule has 0 unspecified atom stereocenters. The third kappa shape index (κ3) is 7.49. The average molecular weight is 367 g/mol. The quantitative estimate of drug-likeness (QED) is 0.732. The molecular formula is C9H25F3O4Si4. The maximum Gasteiger partial charge on any atom is 0.387 e. The Labute approximate surface area is 123 Å². The Kier molecular flexibility index (Phi) is 6.09. The summed E-state index contributed by atoms with van der Waals surface area (Å²) in [6.07, 6.45) is 0. The fourth-order valence-corrected chi connectivity index (χ4v) is 17.9. The Morgan fingerprint density at radius 1 is 0.700 bits per heavy atom. The molecule has 0 aromatic heterocycles. The van der Waals surface area contributed by atoms with E-state index in [9.17, 15) is 18.0 Å². The smallest absolute Gasteiger partial charge is 0.387 e. The van der Waals surface area contributed by atoms with E-state index >= 15 is 0 Å². The molecule has 0 saturated heterocycles. The van der Waals surface area contributed by atoms with Crippen molar-refractivity contribution in [1.82, 2.24) is 0 Å². The molecule has 0 aliphatic carbocycles. The van der Waals surface area contributed by atoms with Crippen molar-refractivity contribution in [2.24, 2.45) is 0 Å². The highest BCUT2D eigenvalue weighted by Crippen LogP contribution is 2.33. The fourth-order valence-electron chi connectivity index (χ4n) is 1.91. The Hall–Kier alpha value is 0.498. The Morgan fingerprint density at radius 2 is 1.05 bits per heavy atom. The van der Waals surface area contributed by atoms with Crippen molar-refractivity contribution in [3.63, 3.8) is 0 Å². The zero-order valence-corrected chi connectivity index (χ0v) is 17.3. The van der Waals surface area contributed by atoms with Gasteiger partial charge in [0, 0.05) is 0 Å². The lowest BCUT2D eigenvalue weighted by Gasteiger charge is -2.39. The van der Waals surface area contributed by atoms with Gasteiger partial charge in [-0.25, -0.2) is 0 Å². The maximum atomic E-state index is 12.9. The first-order chi connectivity index (χ1) is 8.37. The lowest BCUT2D eigenvalue weighted by Crippen LogP contribution is -2.60. The van der Waals surface area contributed by atoms with Gasteiger partial charge in [-0.2, -0.15) is 13.2 Å². The van der Waals surface area contributed by atoms with Gasteiger partial charge in [-0.05, 0) is 52.4 Å². The Bertz CT molecular complexity index is 339. The zero-order valence-electron chi connectivity index (χ0n) is 13.3. The first kappa shape index (κ1) is 20.5. The van der Waals surface area contributed by atoms with Crippen LogP contribution in [0.4, 0.5) is 13.2 Å².